The van der Waals surface area contributed by atoms with Crippen LogP contribution in [0.2, 0.25) is 0 Å². The summed E-state index contributed by atoms with van der Waals surface area (Å²) in [5.74, 6) is 0.321. The van der Waals surface area contributed by atoms with Crippen molar-refractivity contribution in [2.75, 3.05) is 12.3 Å². The lowest BCUT2D eigenvalue weighted by Crippen LogP contribution is -2.27. The summed E-state index contributed by atoms with van der Waals surface area (Å²) in [5.41, 5.74) is 5.48. The molecule has 0 aliphatic heterocycles. The zero-order chi connectivity index (χ0) is 9.84. The maximum Gasteiger partial charge on any atom is 0.241 e. The van der Waals surface area contributed by atoms with Crippen molar-refractivity contribution in [3.8, 4) is 0 Å². The second-order valence-corrected chi connectivity index (χ2v) is 3.37. The fourth-order valence-electron chi connectivity index (χ4n) is 0.893. The largest absolute Gasteiger partial charge is 0.381 e. The van der Waals surface area contributed by atoms with E-state index in [2.05, 4.69) is 26.3 Å². The van der Waals surface area contributed by atoms with Gasteiger partial charge in [-0.15, -0.1) is 0 Å². The van der Waals surface area contributed by atoms with Gasteiger partial charge in [-0.2, -0.15) is 5.10 Å². The molecular weight excluding hydrogens is 236 g/mol. The van der Waals surface area contributed by atoms with E-state index >= 15 is 0 Å². The minimum Gasteiger partial charge on any atom is -0.381 e. The molecule has 1 heterocycles. The molecule has 1 rings (SSSR count). The van der Waals surface area contributed by atoms with Gasteiger partial charge in [0.2, 0.25) is 5.91 Å². The van der Waals surface area contributed by atoms with Crippen LogP contribution in [0.25, 0.3) is 0 Å². The Labute approximate surface area is 84.4 Å². The smallest absolute Gasteiger partial charge is 0.241 e. The maximum absolute atomic E-state index is 11.1. The Morgan fingerprint density at radius 2 is 2.54 bits per heavy atom. The monoisotopic (exact) mass is 246 g/mol. The summed E-state index contributed by atoms with van der Waals surface area (Å²) < 4.78 is 2.20. The third kappa shape index (κ3) is 2.73. The predicted molar refractivity (Wildman–Crippen MR) is 53.0 cm³/mol. The third-order valence-corrected chi connectivity index (χ3v) is 2.03. The number of hydrogen-bond donors (Lipinski definition) is 2. The Morgan fingerprint density at radius 3 is 3.00 bits per heavy atom. The minimum absolute atomic E-state index is 0.0718. The van der Waals surface area contributed by atoms with Gasteiger partial charge in [0.05, 0.1) is 4.47 Å². The highest BCUT2D eigenvalue weighted by Gasteiger charge is 2.05. The van der Waals surface area contributed by atoms with E-state index in [9.17, 15) is 4.79 Å². The van der Waals surface area contributed by atoms with E-state index in [0.717, 1.165) is 0 Å². The second-order valence-electron chi connectivity index (χ2n) is 2.51. The van der Waals surface area contributed by atoms with Crippen molar-refractivity contribution in [2.45, 2.75) is 13.5 Å². The lowest BCUT2D eigenvalue weighted by molar-refractivity contribution is -0.121. The summed E-state index contributed by atoms with van der Waals surface area (Å²) in [4.78, 5) is 11.1. The Balaban J connectivity index is 2.59. The number of nitrogens with two attached hydrogens (primary N) is 1. The number of carbonyl (C=O) groups excluding carboxylic acids is 1. The number of nitrogen functional groups attached to an aromatic ring is 1. The molecule has 3 N–H and O–H groups in total. The quantitative estimate of drug-likeness (QED) is 0.810. The van der Waals surface area contributed by atoms with Gasteiger partial charge in [0.15, 0.2) is 5.82 Å². The Bertz CT molecular complexity index is 290. The minimum atomic E-state index is -0.0718. The molecule has 6 heteroatoms. The van der Waals surface area contributed by atoms with Gasteiger partial charge in [-0.3, -0.25) is 9.48 Å². The van der Waals surface area contributed by atoms with E-state index in [1.165, 1.54) is 4.68 Å². The van der Waals surface area contributed by atoms with Crippen LogP contribution in [0.15, 0.2) is 10.7 Å². The van der Waals surface area contributed by atoms with Gasteiger partial charge in [-0.1, -0.05) is 0 Å². The van der Waals surface area contributed by atoms with Gasteiger partial charge in [0.25, 0.3) is 0 Å². The highest BCUT2D eigenvalue weighted by Crippen LogP contribution is 2.15. The molecule has 1 aromatic rings. The Hall–Kier alpha value is -1.04. The molecule has 1 amide bonds. The molecule has 0 aliphatic rings. The second kappa shape index (κ2) is 4.27. The number of hydrogen-bond acceptors (Lipinski definition) is 3. The number of likely N-dealkylation sites (N-methyl/N-ethyl adjacent to an activating group) is 1. The number of anilines is 1. The van der Waals surface area contributed by atoms with Crippen LogP contribution in [0.3, 0.4) is 0 Å². The van der Waals surface area contributed by atoms with E-state index in [0.29, 0.717) is 16.8 Å². The molecule has 0 bridgehead atoms. The summed E-state index contributed by atoms with van der Waals surface area (Å²) in [6.45, 7) is 2.69. The topological polar surface area (TPSA) is 72.9 Å². The van der Waals surface area contributed by atoms with Gasteiger partial charge in [0.1, 0.15) is 6.54 Å². The molecule has 0 spiro atoms. The molecule has 1 aromatic heterocycles. The van der Waals surface area contributed by atoms with E-state index < -0.39 is 0 Å². The maximum atomic E-state index is 11.1. The van der Waals surface area contributed by atoms with Crippen molar-refractivity contribution in [2.24, 2.45) is 0 Å². The van der Waals surface area contributed by atoms with Crippen LogP contribution in [0.4, 0.5) is 5.82 Å². The standard InChI is InChI=1S/C7H11BrN4O/c1-2-10-6(13)4-12-3-5(8)7(9)11-12/h3H,2,4H2,1H3,(H2,9,11)(H,10,13). The van der Waals surface area contributed by atoms with Gasteiger partial charge >= 0.3 is 0 Å². The number of nitrogens with one attached hydrogen (secondary N) is 1. The zero-order valence-electron chi connectivity index (χ0n) is 7.25. The SMILES string of the molecule is CCNC(=O)Cn1cc(Br)c(N)n1. The molecule has 0 unspecified atom stereocenters. The first kappa shape index (κ1) is 10.0. The first-order valence-electron chi connectivity index (χ1n) is 3.88. The van der Waals surface area contributed by atoms with Crippen LogP contribution < -0.4 is 11.1 Å². The molecule has 0 radical (unpaired) electrons. The lowest BCUT2D eigenvalue weighted by atomic mass is 10.5. The van der Waals surface area contributed by atoms with Crippen LogP contribution in [0, 0.1) is 0 Å². The number of halogens is 1. The normalized spacial score (nSPS) is 10.0. The molecule has 5 nitrogen and oxygen atoms in total. The van der Waals surface area contributed by atoms with E-state index in [-0.39, 0.29) is 12.5 Å². The fraction of sp³-hybridized carbons (Fsp3) is 0.429. The molecular formula is C7H11BrN4O. The van der Waals surface area contributed by atoms with Crippen molar-refractivity contribution in [3.63, 3.8) is 0 Å². The first-order chi connectivity index (χ1) is 6.13. The van der Waals surface area contributed by atoms with Crippen LogP contribution in [-0.2, 0) is 11.3 Å². The zero-order valence-corrected chi connectivity index (χ0v) is 8.84. The number of carbonyl (C=O) groups is 1. The van der Waals surface area contributed by atoms with Gasteiger partial charge in [-0.05, 0) is 22.9 Å². The van der Waals surface area contributed by atoms with Crippen molar-refractivity contribution in [3.05, 3.63) is 10.7 Å². The number of rotatable bonds is 3. The highest BCUT2D eigenvalue weighted by molar-refractivity contribution is 9.10. The van der Waals surface area contributed by atoms with Crippen molar-refractivity contribution < 1.29 is 4.79 Å². The number of nitrogens with zero attached hydrogens (tertiary/aromatic N) is 2. The number of amides is 1. The molecule has 0 fully saturated rings. The van der Waals surface area contributed by atoms with Crippen LogP contribution in [0.1, 0.15) is 6.92 Å². The van der Waals surface area contributed by atoms with Crippen LogP contribution in [0.5, 0.6) is 0 Å². The van der Waals surface area contributed by atoms with Gasteiger partial charge < -0.3 is 11.1 Å². The Morgan fingerprint density at radius 1 is 1.85 bits per heavy atom. The molecule has 0 aromatic carbocycles. The van der Waals surface area contributed by atoms with Crippen molar-refractivity contribution in [1.82, 2.24) is 15.1 Å². The summed E-state index contributed by atoms with van der Waals surface area (Å²) in [5, 5.41) is 6.59. The summed E-state index contributed by atoms with van der Waals surface area (Å²) >= 11 is 3.20. The highest BCUT2D eigenvalue weighted by atomic mass is 79.9. The average Bonchev–Trinajstić information content (AvgIpc) is 2.31. The molecule has 72 valence electrons. The average molecular weight is 247 g/mol. The van der Waals surface area contributed by atoms with Crippen LogP contribution in [-0.4, -0.2) is 22.2 Å². The lowest BCUT2D eigenvalue weighted by Gasteiger charge is -2.00. The summed E-state index contributed by atoms with van der Waals surface area (Å²) in [6, 6.07) is 0. The molecule has 0 atom stereocenters. The van der Waals surface area contributed by atoms with Crippen LogP contribution >= 0.6 is 15.9 Å². The first-order valence-corrected chi connectivity index (χ1v) is 4.68. The molecule has 0 aliphatic carbocycles. The fourth-order valence-corrected chi connectivity index (χ4v) is 1.21. The van der Waals surface area contributed by atoms with Crippen molar-refractivity contribution >= 4 is 27.7 Å². The Kier molecular flexibility index (Phi) is 3.30. The molecule has 0 saturated heterocycles. The predicted octanol–water partition coefficient (Wildman–Crippen LogP) is 0.364. The van der Waals surface area contributed by atoms with E-state index in [1.807, 2.05) is 6.92 Å². The number of aromatic nitrogens is 2. The summed E-state index contributed by atoms with van der Waals surface area (Å²) in [6.07, 6.45) is 1.67. The van der Waals surface area contributed by atoms with Gasteiger partial charge in [-0.25, -0.2) is 0 Å². The van der Waals surface area contributed by atoms with E-state index in [4.69, 9.17) is 5.73 Å². The van der Waals surface area contributed by atoms with Gasteiger partial charge in [0, 0.05) is 12.7 Å². The van der Waals surface area contributed by atoms with E-state index in [1.54, 1.807) is 6.20 Å². The third-order valence-electron chi connectivity index (χ3n) is 1.42. The van der Waals surface area contributed by atoms with Crippen molar-refractivity contribution in [1.29, 1.82) is 0 Å². The molecule has 13 heavy (non-hydrogen) atoms. The molecule has 0 saturated carbocycles. The summed E-state index contributed by atoms with van der Waals surface area (Å²) in [7, 11) is 0.